The molecule has 0 aliphatic carbocycles. The molecular formula is C21H37N5. The summed E-state index contributed by atoms with van der Waals surface area (Å²) < 4.78 is 0. The number of rotatable bonds is 8. The van der Waals surface area contributed by atoms with Gasteiger partial charge >= 0.3 is 0 Å². The van der Waals surface area contributed by atoms with Gasteiger partial charge in [-0.15, -0.1) is 0 Å². The van der Waals surface area contributed by atoms with Gasteiger partial charge in [-0.05, 0) is 32.9 Å². The number of hydrogen-bond donors (Lipinski definition) is 2. The highest BCUT2D eigenvalue weighted by Gasteiger charge is 2.19. The Hall–Kier alpha value is -1.59. The minimum Gasteiger partial charge on any atom is -0.356 e. The maximum absolute atomic E-state index is 4.79. The SMILES string of the molecule is CCCCNC(=NCc1ccc(C)cc1)NCC(C)N1CCN(C)CC1. The quantitative estimate of drug-likeness (QED) is 0.425. The Morgan fingerprint density at radius 2 is 1.81 bits per heavy atom. The topological polar surface area (TPSA) is 42.9 Å². The van der Waals surface area contributed by atoms with E-state index in [1.807, 2.05) is 0 Å². The largest absolute Gasteiger partial charge is 0.356 e. The minimum atomic E-state index is 0.515. The zero-order valence-corrected chi connectivity index (χ0v) is 17.1. The number of likely N-dealkylation sites (N-methyl/N-ethyl adjacent to an activating group) is 1. The fourth-order valence-corrected chi connectivity index (χ4v) is 3.06. The molecule has 1 aliphatic rings. The molecule has 1 aliphatic heterocycles. The molecule has 146 valence electrons. The van der Waals surface area contributed by atoms with Crippen molar-refractivity contribution in [2.45, 2.75) is 46.2 Å². The normalized spacial score (nSPS) is 17.9. The van der Waals surface area contributed by atoms with Crippen molar-refractivity contribution in [1.82, 2.24) is 20.4 Å². The summed E-state index contributed by atoms with van der Waals surface area (Å²) in [6.45, 7) is 13.9. The lowest BCUT2D eigenvalue weighted by atomic mass is 10.1. The number of benzene rings is 1. The van der Waals surface area contributed by atoms with E-state index in [0.29, 0.717) is 12.6 Å². The molecule has 0 spiro atoms. The molecule has 1 atom stereocenters. The van der Waals surface area contributed by atoms with Gasteiger partial charge in [-0.25, -0.2) is 4.99 Å². The summed E-state index contributed by atoms with van der Waals surface area (Å²) in [5.74, 6) is 0.931. The summed E-state index contributed by atoms with van der Waals surface area (Å²) in [6, 6.07) is 9.14. The number of piperazine rings is 1. The number of hydrogen-bond acceptors (Lipinski definition) is 3. The van der Waals surface area contributed by atoms with Crippen molar-refractivity contribution < 1.29 is 0 Å². The van der Waals surface area contributed by atoms with Gasteiger partial charge in [-0.1, -0.05) is 43.2 Å². The predicted octanol–water partition coefficient (Wildman–Crippen LogP) is 2.47. The van der Waals surface area contributed by atoms with Crippen molar-refractivity contribution in [2.24, 2.45) is 4.99 Å². The van der Waals surface area contributed by atoms with Gasteiger partial charge in [0.1, 0.15) is 0 Å². The van der Waals surface area contributed by atoms with Gasteiger partial charge < -0.3 is 15.5 Å². The lowest BCUT2D eigenvalue weighted by Crippen LogP contribution is -2.52. The monoisotopic (exact) mass is 359 g/mol. The highest BCUT2D eigenvalue weighted by molar-refractivity contribution is 5.79. The van der Waals surface area contributed by atoms with E-state index in [1.165, 1.54) is 24.0 Å². The van der Waals surface area contributed by atoms with Crippen molar-refractivity contribution >= 4 is 5.96 Å². The Morgan fingerprint density at radius 3 is 2.46 bits per heavy atom. The molecule has 1 aromatic carbocycles. The lowest BCUT2D eigenvalue weighted by molar-refractivity contribution is 0.120. The lowest BCUT2D eigenvalue weighted by Gasteiger charge is -2.36. The molecule has 1 fully saturated rings. The maximum atomic E-state index is 4.79. The fraction of sp³-hybridized carbons (Fsp3) is 0.667. The first-order valence-electron chi connectivity index (χ1n) is 10.1. The summed E-state index contributed by atoms with van der Waals surface area (Å²) in [7, 11) is 2.20. The summed E-state index contributed by atoms with van der Waals surface area (Å²) in [5.41, 5.74) is 2.54. The summed E-state index contributed by atoms with van der Waals surface area (Å²) in [5, 5.41) is 7.03. The van der Waals surface area contributed by atoms with Crippen LogP contribution >= 0.6 is 0 Å². The minimum absolute atomic E-state index is 0.515. The number of aliphatic imine (C=N–C) groups is 1. The van der Waals surface area contributed by atoms with Crippen molar-refractivity contribution in [2.75, 3.05) is 46.3 Å². The second-order valence-electron chi connectivity index (χ2n) is 7.50. The second-order valence-corrected chi connectivity index (χ2v) is 7.50. The van der Waals surface area contributed by atoms with Crippen LogP contribution in [0.5, 0.6) is 0 Å². The van der Waals surface area contributed by atoms with E-state index in [2.05, 4.69) is 72.5 Å². The van der Waals surface area contributed by atoms with E-state index >= 15 is 0 Å². The third-order valence-electron chi connectivity index (χ3n) is 5.09. The van der Waals surface area contributed by atoms with Crippen LogP contribution in [0.4, 0.5) is 0 Å². The van der Waals surface area contributed by atoms with E-state index in [-0.39, 0.29) is 0 Å². The standard InChI is InChI=1S/C21H37N5/c1-5-6-11-22-21(24-17-20-9-7-18(2)8-10-20)23-16-19(3)26-14-12-25(4)13-15-26/h7-10,19H,5-6,11-17H2,1-4H3,(H2,22,23,24). The Bertz CT molecular complexity index is 532. The van der Waals surface area contributed by atoms with Crippen LogP contribution in [0.2, 0.25) is 0 Å². The molecule has 1 heterocycles. The smallest absolute Gasteiger partial charge is 0.191 e. The molecule has 1 saturated heterocycles. The van der Waals surface area contributed by atoms with Crippen molar-refractivity contribution in [3.63, 3.8) is 0 Å². The highest BCUT2D eigenvalue weighted by Crippen LogP contribution is 2.05. The molecule has 2 rings (SSSR count). The summed E-state index contributed by atoms with van der Waals surface area (Å²) in [4.78, 5) is 9.76. The van der Waals surface area contributed by atoms with Crippen LogP contribution in [-0.2, 0) is 6.54 Å². The average Bonchev–Trinajstić information content (AvgIpc) is 2.65. The second kappa shape index (κ2) is 11.2. The molecule has 0 bridgehead atoms. The molecule has 1 aromatic rings. The van der Waals surface area contributed by atoms with Crippen molar-refractivity contribution in [3.8, 4) is 0 Å². The van der Waals surface area contributed by atoms with Crippen LogP contribution in [-0.4, -0.2) is 68.1 Å². The third kappa shape index (κ3) is 7.34. The van der Waals surface area contributed by atoms with Crippen molar-refractivity contribution in [3.05, 3.63) is 35.4 Å². The first-order valence-corrected chi connectivity index (χ1v) is 10.1. The number of nitrogens with one attached hydrogen (secondary N) is 2. The first kappa shape index (κ1) is 20.7. The van der Waals surface area contributed by atoms with Crippen LogP contribution < -0.4 is 10.6 Å². The number of aryl methyl sites for hydroxylation is 1. The fourth-order valence-electron chi connectivity index (χ4n) is 3.06. The molecule has 0 amide bonds. The van der Waals surface area contributed by atoms with Gasteiger partial charge in [0.25, 0.3) is 0 Å². The van der Waals surface area contributed by atoms with Gasteiger partial charge in [0, 0.05) is 45.3 Å². The number of unbranched alkanes of at least 4 members (excludes halogenated alkanes) is 1. The molecule has 0 saturated carbocycles. The zero-order chi connectivity index (χ0) is 18.8. The van der Waals surface area contributed by atoms with Gasteiger partial charge in [0.2, 0.25) is 0 Å². The Morgan fingerprint density at radius 1 is 1.12 bits per heavy atom. The van der Waals surface area contributed by atoms with Gasteiger partial charge in [-0.2, -0.15) is 0 Å². The van der Waals surface area contributed by atoms with Crippen LogP contribution in [0.25, 0.3) is 0 Å². The first-order chi connectivity index (χ1) is 12.6. The van der Waals surface area contributed by atoms with Gasteiger partial charge in [0.15, 0.2) is 5.96 Å². The number of guanidine groups is 1. The predicted molar refractivity (Wildman–Crippen MR) is 112 cm³/mol. The molecule has 5 nitrogen and oxygen atoms in total. The summed E-state index contributed by atoms with van der Waals surface area (Å²) in [6.07, 6.45) is 2.36. The van der Waals surface area contributed by atoms with E-state index in [0.717, 1.165) is 45.2 Å². The van der Waals surface area contributed by atoms with Gasteiger partial charge in [-0.3, -0.25) is 4.90 Å². The average molecular weight is 360 g/mol. The molecule has 26 heavy (non-hydrogen) atoms. The Kier molecular flexibility index (Phi) is 8.92. The van der Waals surface area contributed by atoms with E-state index in [4.69, 9.17) is 4.99 Å². The van der Waals surface area contributed by atoms with E-state index in [1.54, 1.807) is 0 Å². The van der Waals surface area contributed by atoms with Crippen LogP contribution in [0, 0.1) is 6.92 Å². The highest BCUT2D eigenvalue weighted by atomic mass is 15.3. The van der Waals surface area contributed by atoms with Crippen LogP contribution in [0.3, 0.4) is 0 Å². The maximum Gasteiger partial charge on any atom is 0.191 e. The van der Waals surface area contributed by atoms with Crippen molar-refractivity contribution in [1.29, 1.82) is 0 Å². The van der Waals surface area contributed by atoms with Gasteiger partial charge in [0.05, 0.1) is 6.54 Å². The molecule has 0 radical (unpaired) electrons. The van der Waals surface area contributed by atoms with Crippen LogP contribution in [0.1, 0.15) is 37.8 Å². The Balaban J connectivity index is 1.86. The molecular weight excluding hydrogens is 322 g/mol. The zero-order valence-electron chi connectivity index (χ0n) is 17.1. The van der Waals surface area contributed by atoms with E-state index < -0.39 is 0 Å². The molecule has 0 aromatic heterocycles. The Labute approximate surface area is 159 Å². The van der Waals surface area contributed by atoms with Crippen LogP contribution in [0.15, 0.2) is 29.3 Å². The third-order valence-corrected chi connectivity index (χ3v) is 5.09. The number of nitrogens with zero attached hydrogens (tertiary/aromatic N) is 3. The molecule has 2 N–H and O–H groups in total. The summed E-state index contributed by atoms with van der Waals surface area (Å²) >= 11 is 0. The molecule has 5 heteroatoms. The van der Waals surface area contributed by atoms with E-state index in [9.17, 15) is 0 Å². The molecule has 1 unspecified atom stereocenters.